The Balaban J connectivity index is 1.98. The van der Waals surface area contributed by atoms with Crippen molar-refractivity contribution in [1.82, 2.24) is 24.2 Å². The zero-order valence-electron chi connectivity index (χ0n) is 11.8. The molecule has 1 aliphatic heterocycles. The molecule has 6 nitrogen and oxygen atoms in total. The molecule has 1 saturated heterocycles. The molecule has 3 heterocycles. The summed E-state index contributed by atoms with van der Waals surface area (Å²) in [5, 5.41) is 4.47. The van der Waals surface area contributed by atoms with Crippen LogP contribution in [0.4, 0.5) is 0 Å². The molecule has 0 saturated carbocycles. The van der Waals surface area contributed by atoms with Crippen LogP contribution in [-0.4, -0.2) is 43.2 Å². The molecule has 1 aliphatic rings. The maximum Gasteiger partial charge on any atom is 0.242 e. The number of likely N-dealkylation sites (tertiary alicyclic amines) is 1. The maximum atomic E-state index is 12.3. The van der Waals surface area contributed by atoms with E-state index in [-0.39, 0.29) is 5.91 Å². The molecule has 0 atom stereocenters. The molecule has 0 spiro atoms. The van der Waals surface area contributed by atoms with Crippen molar-refractivity contribution < 1.29 is 4.79 Å². The number of carbonyl (C=O) groups excluding carboxylic acids is 1. The molecule has 1 fully saturated rings. The zero-order valence-corrected chi connectivity index (χ0v) is 12.7. The molecule has 0 bridgehead atoms. The van der Waals surface area contributed by atoms with E-state index in [9.17, 15) is 4.79 Å². The summed E-state index contributed by atoms with van der Waals surface area (Å²) in [6, 6.07) is 0. The van der Waals surface area contributed by atoms with E-state index >= 15 is 0 Å². The van der Waals surface area contributed by atoms with E-state index in [2.05, 4.69) is 17.0 Å². The first-order chi connectivity index (χ1) is 9.61. The second kappa shape index (κ2) is 5.05. The Morgan fingerprint density at radius 2 is 2.10 bits per heavy atom. The fourth-order valence-corrected chi connectivity index (χ4v) is 3.13. The minimum Gasteiger partial charge on any atom is -0.341 e. The van der Waals surface area contributed by atoms with Gasteiger partial charge in [0.05, 0.1) is 5.69 Å². The van der Waals surface area contributed by atoms with Gasteiger partial charge in [0, 0.05) is 20.1 Å². The zero-order chi connectivity index (χ0) is 14.3. The first-order valence-corrected chi connectivity index (χ1v) is 7.44. The normalized spacial score (nSPS) is 15.4. The summed E-state index contributed by atoms with van der Waals surface area (Å²) < 4.78 is 4.25. The van der Waals surface area contributed by atoms with Gasteiger partial charge in [0.1, 0.15) is 12.1 Å². The molecular weight excluding hydrogens is 274 g/mol. The minimum absolute atomic E-state index is 0.138. The van der Waals surface area contributed by atoms with Crippen molar-refractivity contribution in [3.63, 3.8) is 0 Å². The summed E-state index contributed by atoms with van der Waals surface area (Å²) in [5.74, 6) is 0.138. The molecule has 3 rings (SSSR count). The Morgan fingerprint density at radius 3 is 2.75 bits per heavy atom. The summed E-state index contributed by atoms with van der Waals surface area (Å²) in [7, 11) is 1.89. The van der Waals surface area contributed by atoms with Crippen molar-refractivity contribution in [2.24, 2.45) is 7.05 Å². The van der Waals surface area contributed by atoms with Gasteiger partial charge in [-0.2, -0.15) is 5.10 Å². The van der Waals surface area contributed by atoms with Crippen molar-refractivity contribution in [1.29, 1.82) is 0 Å². The fourth-order valence-electron chi connectivity index (χ4n) is 2.87. The van der Waals surface area contributed by atoms with Gasteiger partial charge in [-0.15, -0.1) is 0 Å². The van der Waals surface area contributed by atoms with Crippen LogP contribution in [0.1, 0.15) is 25.5 Å². The van der Waals surface area contributed by atoms with Crippen LogP contribution in [0.2, 0.25) is 0 Å². The Labute approximate surface area is 122 Å². The minimum atomic E-state index is 0.138. The van der Waals surface area contributed by atoms with Crippen LogP contribution in [0.3, 0.4) is 0 Å². The second-order valence-electron chi connectivity index (χ2n) is 5.23. The lowest BCUT2D eigenvalue weighted by Crippen LogP contribution is -2.31. The van der Waals surface area contributed by atoms with Gasteiger partial charge in [-0.3, -0.25) is 14.0 Å². The van der Waals surface area contributed by atoms with Crippen LogP contribution in [0.15, 0.2) is 0 Å². The van der Waals surface area contributed by atoms with Gasteiger partial charge in [-0.25, -0.2) is 0 Å². The maximum absolute atomic E-state index is 12.3. The molecule has 2 aromatic rings. The predicted molar refractivity (Wildman–Crippen MR) is 79.1 cm³/mol. The monoisotopic (exact) mass is 293 g/mol. The van der Waals surface area contributed by atoms with E-state index in [1.54, 1.807) is 4.68 Å². The quantitative estimate of drug-likeness (QED) is 0.875. The van der Waals surface area contributed by atoms with Crippen LogP contribution in [0, 0.1) is 4.77 Å². The van der Waals surface area contributed by atoms with Crippen LogP contribution < -0.4 is 0 Å². The number of hydrogen-bond acceptors (Lipinski definition) is 3. The number of aryl methyl sites for hydroxylation is 2. The summed E-state index contributed by atoms with van der Waals surface area (Å²) in [6.45, 7) is 4.09. The highest BCUT2D eigenvalue weighted by molar-refractivity contribution is 7.71. The lowest BCUT2D eigenvalue weighted by atomic mass is 10.3. The standard InChI is InChI=1S/C13H19N5OS/c1-3-9-11-12(16(2)15-9)18(13(20)14-11)8-10(19)17-6-4-5-7-17/h3-8H2,1-2H3,(H,14,20). The smallest absolute Gasteiger partial charge is 0.242 e. The molecule has 0 unspecified atom stereocenters. The largest absolute Gasteiger partial charge is 0.341 e. The molecule has 0 aliphatic carbocycles. The molecule has 1 N–H and O–H groups in total. The van der Waals surface area contributed by atoms with Crippen molar-refractivity contribution in [3.8, 4) is 0 Å². The topological polar surface area (TPSA) is 58.9 Å². The average molecular weight is 293 g/mol. The number of nitrogens with one attached hydrogen (secondary N) is 1. The van der Waals surface area contributed by atoms with E-state index < -0.39 is 0 Å². The summed E-state index contributed by atoms with van der Waals surface area (Å²) in [4.78, 5) is 17.4. The Hall–Kier alpha value is -1.63. The number of nitrogens with zero attached hydrogens (tertiary/aromatic N) is 4. The van der Waals surface area contributed by atoms with Crippen molar-refractivity contribution >= 4 is 29.3 Å². The van der Waals surface area contributed by atoms with Gasteiger partial charge in [0.25, 0.3) is 0 Å². The first kappa shape index (κ1) is 13.4. The highest BCUT2D eigenvalue weighted by Crippen LogP contribution is 2.19. The second-order valence-corrected chi connectivity index (χ2v) is 5.61. The molecule has 20 heavy (non-hydrogen) atoms. The molecule has 108 valence electrons. The van der Waals surface area contributed by atoms with Crippen LogP contribution in [0.25, 0.3) is 11.2 Å². The number of rotatable bonds is 3. The fraction of sp³-hybridized carbons (Fsp3) is 0.615. The third-order valence-electron chi connectivity index (χ3n) is 3.91. The lowest BCUT2D eigenvalue weighted by molar-refractivity contribution is -0.130. The molecule has 0 aromatic carbocycles. The van der Waals surface area contributed by atoms with Crippen LogP contribution in [0.5, 0.6) is 0 Å². The third-order valence-corrected chi connectivity index (χ3v) is 4.23. The van der Waals surface area contributed by atoms with E-state index in [1.165, 1.54) is 0 Å². The predicted octanol–water partition coefficient (Wildman–Crippen LogP) is 1.62. The van der Waals surface area contributed by atoms with Gasteiger partial charge in [-0.05, 0) is 31.5 Å². The number of H-pyrrole nitrogens is 1. The number of amides is 1. The Bertz CT molecular complexity index is 704. The summed E-state index contributed by atoms with van der Waals surface area (Å²) >= 11 is 5.36. The molecule has 0 radical (unpaired) electrons. The Kier molecular flexibility index (Phi) is 3.37. The van der Waals surface area contributed by atoms with E-state index in [4.69, 9.17) is 12.2 Å². The number of fused-ring (bicyclic) bond motifs is 1. The Morgan fingerprint density at radius 1 is 1.40 bits per heavy atom. The number of hydrogen-bond donors (Lipinski definition) is 1. The van der Waals surface area contributed by atoms with Gasteiger partial charge in [0.15, 0.2) is 10.4 Å². The van der Waals surface area contributed by atoms with Gasteiger partial charge < -0.3 is 9.88 Å². The van der Waals surface area contributed by atoms with Crippen molar-refractivity contribution in [3.05, 3.63) is 10.5 Å². The number of carbonyl (C=O) groups is 1. The lowest BCUT2D eigenvalue weighted by Gasteiger charge is -2.15. The highest BCUT2D eigenvalue weighted by atomic mass is 32.1. The molecule has 1 amide bonds. The van der Waals surface area contributed by atoms with Crippen LogP contribution in [-0.2, 0) is 24.8 Å². The summed E-state index contributed by atoms with van der Waals surface area (Å²) in [6.07, 6.45) is 3.05. The van der Waals surface area contributed by atoms with Crippen molar-refractivity contribution in [2.45, 2.75) is 32.7 Å². The molecular formula is C13H19N5OS. The average Bonchev–Trinajstić information content (AvgIpc) is 3.10. The van der Waals surface area contributed by atoms with E-state index in [1.807, 2.05) is 16.5 Å². The van der Waals surface area contributed by atoms with Gasteiger partial charge in [0.2, 0.25) is 5.91 Å². The third kappa shape index (κ3) is 2.06. The van der Waals surface area contributed by atoms with Crippen LogP contribution >= 0.6 is 12.2 Å². The number of aromatic amines is 1. The highest BCUT2D eigenvalue weighted by Gasteiger charge is 2.21. The van der Waals surface area contributed by atoms with Gasteiger partial charge >= 0.3 is 0 Å². The summed E-state index contributed by atoms with van der Waals surface area (Å²) in [5.41, 5.74) is 2.84. The SMILES string of the molecule is CCc1nn(C)c2c1[nH]c(=S)n2CC(=O)N1CCCC1. The van der Waals surface area contributed by atoms with E-state index in [0.717, 1.165) is 49.2 Å². The van der Waals surface area contributed by atoms with E-state index in [0.29, 0.717) is 11.3 Å². The first-order valence-electron chi connectivity index (χ1n) is 7.04. The molecule has 2 aromatic heterocycles. The molecule has 7 heteroatoms. The number of imidazole rings is 1. The number of aromatic nitrogens is 4. The van der Waals surface area contributed by atoms with Crippen molar-refractivity contribution in [2.75, 3.05) is 13.1 Å². The van der Waals surface area contributed by atoms with Gasteiger partial charge in [-0.1, -0.05) is 6.92 Å².